The van der Waals surface area contributed by atoms with Gasteiger partial charge in [-0.25, -0.2) is 0 Å². The lowest BCUT2D eigenvalue weighted by atomic mass is 10.1. The zero-order chi connectivity index (χ0) is 15.1. The van der Waals surface area contributed by atoms with Gasteiger partial charge in [0, 0.05) is 18.4 Å². The lowest BCUT2D eigenvalue weighted by molar-refractivity contribution is -0.117. The number of methoxy groups -OCH3 is 1. The third-order valence-electron chi connectivity index (χ3n) is 3.80. The molecule has 0 heterocycles. The molecule has 1 fully saturated rings. The van der Waals surface area contributed by atoms with Crippen LogP contribution in [0.5, 0.6) is 5.75 Å². The molecule has 0 spiro atoms. The zero-order valence-electron chi connectivity index (χ0n) is 12.6. The van der Waals surface area contributed by atoms with Gasteiger partial charge < -0.3 is 20.5 Å². The van der Waals surface area contributed by atoms with Crippen LogP contribution in [0.3, 0.4) is 0 Å². The second-order valence-electron chi connectivity index (χ2n) is 5.48. The molecule has 1 aliphatic rings. The summed E-state index contributed by atoms with van der Waals surface area (Å²) in [4.78, 5) is 11.9. The summed E-state index contributed by atoms with van der Waals surface area (Å²) >= 11 is 0. The molecule has 0 aromatic heterocycles. The number of amides is 1. The zero-order valence-corrected chi connectivity index (χ0v) is 12.6. The largest absolute Gasteiger partial charge is 0.494 e. The summed E-state index contributed by atoms with van der Waals surface area (Å²) in [6.45, 7) is 1.23. The summed E-state index contributed by atoms with van der Waals surface area (Å²) < 4.78 is 10.8. The minimum Gasteiger partial charge on any atom is -0.494 e. The lowest BCUT2D eigenvalue weighted by Crippen LogP contribution is -2.16. The Labute approximate surface area is 125 Å². The highest BCUT2D eigenvalue weighted by atomic mass is 16.5. The maximum absolute atomic E-state index is 11.9. The Hall–Kier alpha value is -1.75. The quantitative estimate of drug-likeness (QED) is 0.598. The molecule has 5 heteroatoms. The molecule has 116 valence electrons. The Morgan fingerprint density at radius 3 is 2.86 bits per heavy atom. The summed E-state index contributed by atoms with van der Waals surface area (Å²) in [5.41, 5.74) is 6.91. The standard InChI is InChI=1S/C16H24N2O3/c1-20-15-10-13(17)6-7-14(15)18-16(19)8-9-21-11-12-4-2-3-5-12/h6-7,10,12H,2-5,8-9,11,17H2,1H3,(H,18,19). The second-order valence-corrected chi connectivity index (χ2v) is 5.48. The Morgan fingerprint density at radius 1 is 1.38 bits per heavy atom. The number of benzene rings is 1. The van der Waals surface area contributed by atoms with E-state index in [4.69, 9.17) is 15.2 Å². The van der Waals surface area contributed by atoms with E-state index in [-0.39, 0.29) is 5.91 Å². The predicted molar refractivity (Wildman–Crippen MR) is 83.4 cm³/mol. The Morgan fingerprint density at radius 2 is 2.14 bits per heavy atom. The summed E-state index contributed by atoms with van der Waals surface area (Å²) in [6.07, 6.45) is 5.49. The predicted octanol–water partition coefficient (Wildman–Crippen LogP) is 2.81. The number of rotatable bonds is 7. The summed E-state index contributed by atoms with van der Waals surface area (Å²) in [5, 5.41) is 2.82. The van der Waals surface area contributed by atoms with Gasteiger partial charge in [0.2, 0.25) is 5.91 Å². The van der Waals surface area contributed by atoms with Crippen molar-refractivity contribution >= 4 is 17.3 Å². The van der Waals surface area contributed by atoms with Crippen molar-refractivity contribution < 1.29 is 14.3 Å². The first-order valence-electron chi connectivity index (χ1n) is 7.50. The SMILES string of the molecule is COc1cc(N)ccc1NC(=O)CCOCC1CCCC1. The fourth-order valence-corrected chi connectivity index (χ4v) is 2.62. The highest BCUT2D eigenvalue weighted by molar-refractivity contribution is 5.92. The van der Waals surface area contributed by atoms with E-state index in [1.165, 1.54) is 25.7 Å². The van der Waals surface area contributed by atoms with Crippen LogP contribution in [0.25, 0.3) is 0 Å². The number of anilines is 2. The van der Waals surface area contributed by atoms with Crippen LogP contribution >= 0.6 is 0 Å². The van der Waals surface area contributed by atoms with E-state index in [0.29, 0.717) is 36.1 Å². The maximum Gasteiger partial charge on any atom is 0.226 e. The summed E-state index contributed by atoms with van der Waals surface area (Å²) in [6, 6.07) is 5.16. The molecule has 0 atom stereocenters. The van der Waals surface area contributed by atoms with Crippen molar-refractivity contribution in [2.45, 2.75) is 32.1 Å². The van der Waals surface area contributed by atoms with Crippen LogP contribution in [0.1, 0.15) is 32.1 Å². The number of carbonyl (C=O) groups excluding carboxylic acids is 1. The molecule has 21 heavy (non-hydrogen) atoms. The molecule has 1 aliphatic carbocycles. The van der Waals surface area contributed by atoms with E-state index in [1.807, 2.05) is 0 Å². The van der Waals surface area contributed by atoms with Crippen LogP contribution in [0.2, 0.25) is 0 Å². The van der Waals surface area contributed by atoms with E-state index in [1.54, 1.807) is 25.3 Å². The molecule has 1 aromatic rings. The van der Waals surface area contributed by atoms with Crippen molar-refractivity contribution in [3.8, 4) is 5.75 Å². The molecule has 1 saturated carbocycles. The third kappa shape index (κ3) is 4.93. The van der Waals surface area contributed by atoms with Gasteiger partial charge in [0.15, 0.2) is 0 Å². The monoisotopic (exact) mass is 292 g/mol. The van der Waals surface area contributed by atoms with Crippen LogP contribution in [0.4, 0.5) is 11.4 Å². The number of ether oxygens (including phenoxy) is 2. The molecule has 0 bridgehead atoms. The molecule has 2 rings (SSSR count). The molecular weight excluding hydrogens is 268 g/mol. The number of nitrogens with two attached hydrogens (primary N) is 1. The summed E-state index contributed by atoms with van der Waals surface area (Å²) in [5.74, 6) is 1.17. The van der Waals surface area contributed by atoms with Crippen molar-refractivity contribution in [3.05, 3.63) is 18.2 Å². The van der Waals surface area contributed by atoms with Gasteiger partial charge in [0.1, 0.15) is 5.75 Å². The molecule has 5 nitrogen and oxygen atoms in total. The highest BCUT2D eigenvalue weighted by Gasteiger charge is 2.15. The molecule has 0 saturated heterocycles. The van der Waals surface area contributed by atoms with Crippen LogP contribution < -0.4 is 15.8 Å². The molecule has 0 unspecified atom stereocenters. The first-order chi connectivity index (χ1) is 10.2. The van der Waals surface area contributed by atoms with E-state index in [0.717, 1.165) is 6.61 Å². The third-order valence-corrected chi connectivity index (χ3v) is 3.80. The van der Waals surface area contributed by atoms with Crippen molar-refractivity contribution in [2.24, 2.45) is 5.92 Å². The minimum atomic E-state index is -0.0792. The van der Waals surface area contributed by atoms with Crippen LogP contribution in [-0.2, 0) is 9.53 Å². The first-order valence-corrected chi connectivity index (χ1v) is 7.50. The number of hydrogen-bond acceptors (Lipinski definition) is 4. The van der Waals surface area contributed by atoms with E-state index >= 15 is 0 Å². The molecule has 0 aliphatic heterocycles. The van der Waals surface area contributed by atoms with Gasteiger partial charge in [-0.1, -0.05) is 12.8 Å². The number of nitrogen functional groups attached to an aromatic ring is 1. The van der Waals surface area contributed by atoms with Gasteiger partial charge in [0.25, 0.3) is 0 Å². The van der Waals surface area contributed by atoms with Gasteiger partial charge in [-0.15, -0.1) is 0 Å². The average molecular weight is 292 g/mol. The van der Waals surface area contributed by atoms with E-state index < -0.39 is 0 Å². The fourth-order valence-electron chi connectivity index (χ4n) is 2.62. The minimum absolute atomic E-state index is 0.0792. The van der Waals surface area contributed by atoms with Crippen LogP contribution in [0.15, 0.2) is 18.2 Å². The number of carbonyl (C=O) groups is 1. The normalized spacial score (nSPS) is 15.1. The van der Waals surface area contributed by atoms with Crippen LogP contribution in [-0.4, -0.2) is 26.2 Å². The molecule has 0 radical (unpaired) electrons. The molecule has 3 N–H and O–H groups in total. The van der Waals surface area contributed by atoms with Gasteiger partial charge >= 0.3 is 0 Å². The molecule has 1 aromatic carbocycles. The van der Waals surface area contributed by atoms with E-state index in [2.05, 4.69) is 5.32 Å². The smallest absolute Gasteiger partial charge is 0.226 e. The van der Waals surface area contributed by atoms with Crippen molar-refractivity contribution in [1.82, 2.24) is 0 Å². The Balaban J connectivity index is 1.71. The summed E-state index contributed by atoms with van der Waals surface area (Å²) in [7, 11) is 1.55. The Bertz CT molecular complexity index is 471. The van der Waals surface area contributed by atoms with Crippen molar-refractivity contribution in [3.63, 3.8) is 0 Å². The van der Waals surface area contributed by atoms with Gasteiger partial charge in [-0.2, -0.15) is 0 Å². The molecular formula is C16H24N2O3. The fraction of sp³-hybridized carbons (Fsp3) is 0.562. The number of hydrogen-bond donors (Lipinski definition) is 2. The Kier molecular flexibility index (Phi) is 5.87. The van der Waals surface area contributed by atoms with Gasteiger partial charge in [-0.05, 0) is 30.9 Å². The van der Waals surface area contributed by atoms with Gasteiger partial charge in [0.05, 0.1) is 25.8 Å². The molecule has 1 amide bonds. The average Bonchev–Trinajstić information content (AvgIpc) is 2.99. The van der Waals surface area contributed by atoms with Crippen molar-refractivity contribution in [1.29, 1.82) is 0 Å². The first kappa shape index (κ1) is 15.6. The van der Waals surface area contributed by atoms with Crippen molar-refractivity contribution in [2.75, 3.05) is 31.4 Å². The van der Waals surface area contributed by atoms with Gasteiger partial charge in [-0.3, -0.25) is 4.79 Å². The highest BCUT2D eigenvalue weighted by Crippen LogP contribution is 2.27. The van der Waals surface area contributed by atoms with Crippen LogP contribution in [0, 0.1) is 5.92 Å². The topological polar surface area (TPSA) is 73.6 Å². The maximum atomic E-state index is 11.9. The lowest BCUT2D eigenvalue weighted by Gasteiger charge is -2.12. The number of nitrogens with one attached hydrogen (secondary N) is 1. The second kappa shape index (κ2) is 7.88. The van der Waals surface area contributed by atoms with E-state index in [9.17, 15) is 4.79 Å².